The van der Waals surface area contributed by atoms with Crippen LogP contribution in [0.1, 0.15) is 16.6 Å². The quantitative estimate of drug-likeness (QED) is 0.586. The maximum atomic E-state index is 12.6. The first kappa shape index (κ1) is 19.5. The van der Waals surface area contributed by atoms with E-state index in [4.69, 9.17) is 21.1 Å². The van der Waals surface area contributed by atoms with Gasteiger partial charge in [-0.25, -0.2) is 13.2 Å². The van der Waals surface area contributed by atoms with Crippen LogP contribution in [-0.2, 0) is 14.8 Å². The Morgan fingerprint density at radius 3 is 2.63 bits per heavy atom. The molecule has 0 bridgehead atoms. The first-order valence-corrected chi connectivity index (χ1v) is 10.6. The van der Waals surface area contributed by atoms with Gasteiger partial charge in [0.15, 0.2) is 0 Å². The third-order valence-corrected chi connectivity index (χ3v) is 6.44. The van der Waals surface area contributed by atoms with Crippen LogP contribution >= 0.6 is 22.9 Å². The summed E-state index contributed by atoms with van der Waals surface area (Å²) < 4.78 is 38.7. The summed E-state index contributed by atoms with van der Waals surface area (Å²) in [6.45, 7) is 2.24. The highest BCUT2D eigenvalue weighted by atomic mass is 35.5. The lowest BCUT2D eigenvalue weighted by atomic mass is 10.2. The average Bonchev–Trinajstić information content (AvgIpc) is 3.05. The zero-order valence-electron chi connectivity index (χ0n) is 14.5. The molecule has 0 spiro atoms. The number of fused-ring (bicyclic) bond motifs is 1. The van der Waals surface area contributed by atoms with Crippen LogP contribution in [0.25, 0.3) is 10.1 Å². The second-order valence-corrected chi connectivity index (χ2v) is 8.66. The van der Waals surface area contributed by atoms with Crippen molar-refractivity contribution >= 4 is 54.7 Å². The fraction of sp³-hybridized carbons (Fsp3) is 0.167. The van der Waals surface area contributed by atoms with E-state index >= 15 is 0 Å². The van der Waals surface area contributed by atoms with Gasteiger partial charge in [-0.1, -0.05) is 11.6 Å². The van der Waals surface area contributed by atoms with Gasteiger partial charge in [-0.05, 0) is 54.8 Å². The summed E-state index contributed by atoms with van der Waals surface area (Å²) in [5.74, 6) is -0.00416. The Bertz CT molecular complexity index is 1110. The van der Waals surface area contributed by atoms with Crippen LogP contribution in [0.5, 0.6) is 5.75 Å². The van der Waals surface area contributed by atoms with Gasteiger partial charge in [-0.3, -0.25) is 4.72 Å². The number of hydrogen-bond donors (Lipinski definition) is 1. The second kappa shape index (κ2) is 7.75. The van der Waals surface area contributed by atoms with Crippen molar-refractivity contribution in [2.75, 3.05) is 18.4 Å². The number of esters is 1. The van der Waals surface area contributed by atoms with Crippen molar-refractivity contribution in [3.8, 4) is 5.75 Å². The molecule has 3 aromatic rings. The van der Waals surface area contributed by atoms with E-state index < -0.39 is 16.0 Å². The Morgan fingerprint density at radius 1 is 1.19 bits per heavy atom. The van der Waals surface area contributed by atoms with Crippen LogP contribution in [0, 0.1) is 0 Å². The van der Waals surface area contributed by atoms with E-state index in [1.54, 1.807) is 24.3 Å². The summed E-state index contributed by atoms with van der Waals surface area (Å²) in [6, 6.07) is 11.0. The molecule has 142 valence electrons. The summed E-state index contributed by atoms with van der Waals surface area (Å²) in [6.07, 6.45) is 0. The van der Waals surface area contributed by atoms with Crippen molar-refractivity contribution in [2.45, 2.75) is 11.8 Å². The number of rotatable bonds is 6. The number of halogens is 1. The molecule has 1 heterocycles. The van der Waals surface area contributed by atoms with Gasteiger partial charge in [0.05, 0.1) is 23.6 Å². The number of thiophene rings is 1. The van der Waals surface area contributed by atoms with Gasteiger partial charge in [-0.2, -0.15) is 0 Å². The molecule has 0 atom stereocenters. The topological polar surface area (TPSA) is 81.7 Å². The fourth-order valence-corrected chi connectivity index (χ4v) is 4.78. The maximum absolute atomic E-state index is 12.6. The number of nitrogens with one attached hydrogen (secondary N) is 1. The minimum absolute atomic E-state index is 0.0246. The molecule has 6 nitrogen and oxygen atoms in total. The molecule has 0 fully saturated rings. The van der Waals surface area contributed by atoms with E-state index in [0.717, 1.165) is 10.1 Å². The monoisotopic (exact) mass is 425 g/mol. The molecule has 1 aromatic heterocycles. The maximum Gasteiger partial charge on any atom is 0.348 e. The van der Waals surface area contributed by atoms with E-state index in [0.29, 0.717) is 22.9 Å². The number of anilines is 1. The van der Waals surface area contributed by atoms with Crippen molar-refractivity contribution in [3.63, 3.8) is 0 Å². The largest absolute Gasteiger partial charge is 0.492 e. The van der Waals surface area contributed by atoms with Crippen molar-refractivity contribution in [1.29, 1.82) is 0 Å². The highest BCUT2D eigenvalue weighted by Crippen LogP contribution is 2.31. The van der Waals surface area contributed by atoms with Crippen molar-refractivity contribution in [1.82, 2.24) is 0 Å². The standard InChI is InChI=1S/C18H16ClNO5S2/c1-3-25-15-6-5-13(10-14(15)19)27(22,23)20-12-4-7-16-11(8-12)9-17(26-16)18(21)24-2/h4-10,20H,3H2,1-2H3. The van der Waals surface area contributed by atoms with Crippen LogP contribution in [0.2, 0.25) is 5.02 Å². The van der Waals surface area contributed by atoms with E-state index in [-0.39, 0.29) is 9.92 Å². The Hall–Kier alpha value is -2.29. The molecule has 2 aromatic carbocycles. The molecule has 27 heavy (non-hydrogen) atoms. The number of hydrogen-bond acceptors (Lipinski definition) is 6. The molecular formula is C18H16ClNO5S2. The van der Waals surface area contributed by atoms with Crippen LogP contribution in [0.15, 0.2) is 47.4 Å². The molecule has 0 aliphatic heterocycles. The first-order chi connectivity index (χ1) is 12.8. The predicted octanol–water partition coefficient (Wildman–Crippen LogP) is 4.54. The molecule has 0 unspecified atom stereocenters. The zero-order valence-corrected chi connectivity index (χ0v) is 16.9. The molecule has 0 saturated heterocycles. The third-order valence-electron chi connectivity index (χ3n) is 3.67. The summed E-state index contributed by atoms with van der Waals surface area (Å²) >= 11 is 7.36. The number of sulfonamides is 1. The van der Waals surface area contributed by atoms with Crippen molar-refractivity contribution < 1.29 is 22.7 Å². The molecule has 0 amide bonds. The predicted molar refractivity (Wildman–Crippen MR) is 107 cm³/mol. The first-order valence-electron chi connectivity index (χ1n) is 7.91. The van der Waals surface area contributed by atoms with E-state index in [2.05, 4.69) is 4.72 Å². The molecule has 1 N–H and O–H groups in total. The van der Waals surface area contributed by atoms with Gasteiger partial charge in [0.2, 0.25) is 0 Å². The lowest BCUT2D eigenvalue weighted by Crippen LogP contribution is -2.13. The molecular weight excluding hydrogens is 410 g/mol. The highest BCUT2D eigenvalue weighted by molar-refractivity contribution is 7.92. The minimum atomic E-state index is -3.83. The Morgan fingerprint density at radius 2 is 1.96 bits per heavy atom. The van der Waals surface area contributed by atoms with E-state index in [1.165, 1.54) is 36.6 Å². The Labute approximate surface area is 165 Å². The van der Waals surface area contributed by atoms with Crippen LogP contribution < -0.4 is 9.46 Å². The molecule has 3 rings (SSSR count). The Kier molecular flexibility index (Phi) is 5.59. The zero-order chi connectivity index (χ0) is 19.6. The molecule has 0 aliphatic carbocycles. The molecule has 9 heteroatoms. The lowest BCUT2D eigenvalue weighted by molar-refractivity contribution is 0.0606. The minimum Gasteiger partial charge on any atom is -0.492 e. The van der Waals surface area contributed by atoms with Gasteiger partial charge < -0.3 is 9.47 Å². The van der Waals surface area contributed by atoms with E-state index in [9.17, 15) is 13.2 Å². The SMILES string of the molecule is CCOc1ccc(S(=O)(=O)Nc2ccc3sc(C(=O)OC)cc3c2)cc1Cl. The van der Waals surface area contributed by atoms with Gasteiger partial charge in [0.25, 0.3) is 10.0 Å². The number of methoxy groups -OCH3 is 1. The normalized spacial score (nSPS) is 11.4. The fourth-order valence-electron chi connectivity index (χ4n) is 2.44. The summed E-state index contributed by atoms with van der Waals surface area (Å²) in [7, 11) is -2.51. The van der Waals surface area contributed by atoms with Crippen molar-refractivity contribution in [2.24, 2.45) is 0 Å². The number of carbonyl (C=O) groups is 1. The smallest absolute Gasteiger partial charge is 0.348 e. The summed E-state index contributed by atoms with van der Waals surface area (Å²) in [5.41, 5.74) is 0.377. The summed E-state index contributed by atoms with van der Waals surface area (Å²) in [5, 5.41) is 0.959. The Balaban J connectivity index is 1.89. The summed E-state index contributed by atoms with van der Waals surface area (Å²) in [4.78, 5) is 12.1. The van der Waals surface area contributed by atoms with Crippen LogP contribution in [0.3, 0.4) is 0 Å². The molecule has 0 saturated carbocycles. The molecule has 0 radical (unpaired) electrons. The van der Waals surface area contributed by atoms with Crippen LogP contribution in [0.4, 0.5) is 5.69 Å². The second-order valence-electron chi connectivity index (χ2n) is 5.49. The average molecular weight is 426 g/mol. The van der Waals surface area contributed by atoms with Crippen molar-refractivity contribution in [3.05, 3.63) is 52.4 Å². The van der Waals surface area contributed by atoms with Gasteiger partial charge >= 0.3 is 5.97 Å². The van der Waals surface area contributed by atoms with E-state index in [1.807, 2.05) is 6.92 Å². The van der Waals surface area contributed by atoms with Gasteiger partial charge in [-0.15, -0.1) is 11.3 Å². The highest BCUT2D eigenvalue weighted by Gasteiger charge is 2.17. The third kappa shape index (κ3) is 4.18. The van der Waals surface area contributed by atoms with Gasteiger partial charge in [0, 0.05) is 10.4 Å². The number of benzene rings is 2. The lowest BCUT2D eigenvalue weighted by Gasteiger charge is -2.10. The number of ether oxygens (including phenoxy) is 2. The van der Waals surface area contributed by atoms with Crippen LogP contribution in [-0.4, -0.2) is 28.1 Å². The number of carbonyl (C=O) groups excluding carboxylic acids is 1. The molecule has 0 aliphatic rings. The van der Waals surface area contributed by atoms with Gasteiger partial charge in [0.1, 0.15) is 10.6 Å².